The second kappa shape index (κ2) is 3.95. The van der Waals surface area contributed by atoms with Gasteiger partial charge in [0.15, 0.2) is 0 Å². The van der Waals surface area contributed by atoms with E-state index in [0.29, 0.717) is 12.3 Å². The second-order valence-electron chi connectivity index (χ2n) is 4.38. The van der Waals surface area contributed by atoms with Crippen molar-refractivity contribution in [2.45, 2.75) is 32.3 Å². The quantitative estimate of drug-likeness (QED) is 0.600. The summed E-state index contributed by atoms with van der Waals surface area (Å²) in [6, 6.07) is 0. The minimum absolute atomic E-state index is 0.0142. The lowest BCUT2D eigenvalue weighted by molar-refractivity contribution is -0.0823. The standard InChI is InChI=1S/C10H20O3/c1-7-3-4-10(13,8(2)5-11)9(7)6-12/h7-9,11-13H,3-6H2,1-2H3. The van der Waals surface area contributed by atoms with Crippen LogP contribution >= 0.6 is 0 Å². The minimum Gasteiger partial charge on any atom is -0.396 e. The van der Waals surface area contributed by atoms with E-state index in [4.69, 9.17) is 5.11 Å². The zero-order valence-electron chi connectivity index (χ0n) is 8.40. The molecule has 0 aromatic carbocycles. The Hall–Kier alpha value is -0.120. The molecule has 0 saturated heterocycles. The van der Waals surface area contributed by atoms with Crippen molar-refractivity contribution in [1.82, 2.24) is 0 Å². The number of aliphatic hydroxyl groups excluding tert-OH is 2. The number of rotatable bonds is 3. The summed E-state index contributed by atoms with van der Waals surface area (Å²) in [7, 11) is 0. The Balaban J connectivity index is 2.77. The van der Waals surface area contributed by atoms with Gasteiger partial charge in [0.2, 0.25) is 0 Å². The third kappa shape index (κ3) is 1.73. The highest BCUT2D eigenvalue weighted by Gasteiger charge is 2.48. The van der Waals surface area contributed by atoms with Crippen molar-refractivity contribution < 1.29 is 15.3 Å². The lowest BCUT2D eigenvalue weighted by Crippen LogP contribution is -2.44. The molecule has 3 N–H and O–H groups in total. The molecule has 0 radical (unpaired) electrons. The molecule has 0 aliphatic heterocycles. The van der Waals surface area contributed by atoms with E-state index in [1.54, 1.807) is 0 Å². The van der Waals surface area contributed by atoms with Gasteiger partial charge < -0.3 is 15.3 Å². The van der Waals surface area contributed by atoms with Crippen molar-refractivity contribution in [3.05, 3.63) is 0 Å². The van der Waals surface area contributed by atoms with Crippen LogP contribution in [-0.4, -0.2) is 34.1 Å². The van der Waals surface area contributed by atoms with Crippen molar-refractivity contribution in [2.24, 2.45) is 17.8 Å². The predicted molar refractivity (Wildman–Crippen MR) is 50.2 cm³/mol. The fourth-order valence-electron chi connectivity index (χ4n) is 2.45. The molecule has 0 amide bonds. The summed E-state index contributed by atoms with van der Waals surface area (Å²) >= 11 is 0. The van der Waals surface area contributed by atoms with Gasteiger partial charge in [-0.25, -0.2) is 0 Å². The third-order valence-corrected chi connectivity index (χ3v) is 3.65. The van der Waals surface area contributed by atoms with Gasteiger partial charge in [-0.3, -0.25) is 0 Å². The van der Waals surface area contributed by atoms with Crippen molar-refractivity contribution in [1.29, 1.82) is 0 Å². The van der Waals surface area contributed by atoms with Crippen LogP contribution in [0.15, 0.2) is 0 Å². The molecule has 1 saturated carbocycles. The minimum atomic E-state index is -0.858. The molecule has 1 aliphatic carbocycles. The lowest BCUT2D eigenvalue weighted by Gasteiger charge is -2.35. The van der Waals surface area contributed by atoms with Gasteiger partial charge in [-0.2, -0.15) is 0 Å². The van der Waals surface area contributed by atoms with Crippen LogP contribution in [0.3, 0.4) is 0 Å². The molecule has 0 aromatic rings. The van der Waals surface area contributed by atoms with Gasteiger partial charge in [-0.05, 0) is 18.8 Å². The van der Waals surface area contributed by atoms with Crippen LogP contribution in [0, 0.1) is 17.8 Å². The van der Waals surface area contributed by atoms with Gasteiger partial charge in [0.05, 0.1) is 5.60 Å². The van der Waals surface area contributed by atoms with Crippen molar-refractivity contribution >= 4 is 0 Å². The highest BCUT2D eigenvalue weighted by atomic mass is 16.3. The van der Waals surface area contributed by atoms with Gasteiger partial charge in [-0.15, -0.1) is 0 Å². The third-order valence-electron chi connectivity index (χ3n) is 3.65. The molecule has 4 atom stereocenters. The molecule has 0 aromatic heterocycles. The first-order valence-corrected chi connectivity index (χ1v) is 5.00. The molecular formula is C10H20O3. The fourth-order valence-corrected chi connectivity index (χ4v) is 2.45. The average molecular weight is 188 g/mol. The highest BCUT2D eigenvalue weighted by Crippen LogP contribution is 2.44. The van der Waals surface area contributed by atoms with Crippen LogP contribution < -0.4 is 0 Å². The normalized spacial score (nSPS) is 42.2. The fraction of sp³-hybridized carbons (Fsp3) is 1.00. The molecule has 0 bridgehead atoms. The van der Waals surface area contributed by atoms with Crippen LogP contribution in [0.5, 0.6) is 0 Å². The smallest absolute Gasteiger partial charge is 0.0747 e. The molecule has 3 nitrogen and oxygen atoms in total. The van der Waals surface area contributed by atoms with Gasteiger partial charge in [0.25, 0.3) is 0 Å². The SMILES string of the molecule is CC1CCC(O)(C(C)CO)C1CO. The summed E-state index contributed by atoms with van der Waals surface area (Å²) in [5.41, 5.74) is -0.858. The maximum atomic E-state index is 10.3. The molecule has 0 spiro atoms. The van der Waals surface area contributed by atoms with E-state index < -0.39 is 5.60 Å². The summed E-state index contributed by atoms with van der Waals surface area (Å²) in [6.45, 7) is 3.88. The maximum Gasteiger partial charge on any atom is 0.0747 e. The second-order valence-corrected chi connectivity index (χ2v) is 4.38. The van der Waals surface area contributed by atoms with E-state index in [1.165, 1.54) is 0 Å². The lowest BCUT2D eigenvalue weighted by atomic mass is 9.78. The van der Waals surface area contributed by atoms with E-state index in [1.807, 2.05) is 13.8 Å². The van der Waals surface area contributed by atoms with E-state index in [-0.39, 0.29) is 25.0 Å². The van der Waals surface area contributed by atoms with Crippen molar-refractivity contribution in [3.63, 3.8) is 0 Å². The Morgan fingerprint density at radius 1 is 1.46 bits per heavy atom. The van der Waals surface area contributed by atoms with Gasteiger partial charge in [0.1, 0.15) is 0 Å². The summed E-state index contributed by atoms with van der Waals surface area (Å²) < 4.78 is 0. The van der Waals surface area contributed by atoms with Crippen LogP contribution in [0.4, 0.5) is 0 Å². The first kappa shape index (κ1) is 11.0. The van der Waals surface area contributed by atoms with Crippen LogP contribution in [-0.2, 0) is 0 Å². The Morgan fingerprint density at radius 3 is 2.54 bits per heavy atom. The zero-order valence-corrected chi connectivity index (χ0v) is 8.40. The molecule has 1 rings (SSSR count). The largest absolute Gasteiger partial charge is 0.396 e. The zero-order chi connectivity index (χ0) is 10.1. The molecule has 3 heteroatoms. The van der Waals surface area contributed by atoms with E-state index in [2.05, 4.69) is 0 Å². The summed E-state index contributed by atoms with van der Waals surface area (Å²) in [5, 5.41) is 28.5. The first-order chi connectivity index (χ1) is 6.06. The molecular weight excluding hydrogens is 168 g/mol. The summed E-state index contributed by atoms with van der Waals surface area (Å²) in [5.74, 6) is 0.133. The summed E-state index contributed by atoms with van der Waals surface area (Å²) in [4.78, 5) is 0. The van der Waals surface area contributed by atoms with Gasteiger partial charge in [0, 0.05) is 25.0 Å². The Kier molecular flexibility index (Phi) is 3.33. The topological polar surface area (TPSA) is 60.7 Å². The van der Waals surface area contributed by atoms with E-state index >= 15 is 0 Å². The van der Waals surface area contributed by atoms with Crippen LogP contribution in [0.2, 0.25) is 0 Å². The number of hydrogen-bond donors (Lipinski definition) is 3. The molecule has 0 heterocycles. The molecule has 4 unspecified atom stereocenters. The molecule has 1 fully saturated rings. The number of hydrogen-bond acceptors (Lipinski definition) is 3. The number of aliphatic hydroxyl groups is 3. The first-order valence-electron chi connectivity index (χ1n) is 5.00. The monoisotopic (exact) mass is 188 g/mol. The molecule has 1 aliphatic rings. The van der Waals surface area contributed by atoms with Crippen LogP contribution in [0.25, 0.3) is 0 Å². The average Bonchev–Trinajstić information content (AvgIpc) is 2.42. The highest BCUT2D eigenvalue weighted by molar-refractivity contribution is 4.98. The molecule has 78 valence electrons. The van der Waals surface area contributed by atoms with Gasteiger partial charge >= 0.3 is 0 Å². The summed E-state index contributed by atoms with van der Waals surface area (Å²) in [6.07, 6.45) is 1.63. The maximum absolute atomic E-state index is 10.3. The predicted octanol–water partition coefficient (Wildman–Crippen LogP) is 0.384. The Morgan fingerprint density at radius 2 is 2.08 bits per heavy atom. The van der Waals surface area contributed by atoms with E-state index in [9.17, 15) is 10.2 Å². The van der Waals surface area contributed by atoms with Crippen molar-refractivity contribution in [2.75, 3.05) is 13.2 Å². The van der Waals surface area contributed by atoms with Crippen LogP contribution in [0.1, 0.15) is 26.7 Å². The van der Waals surface area contributed by atoms with E-state index in [0.717, 1.165) is 6.42 Å². The Labute approximate surface area is 79.4 Å². The van der Waals surface area contributed by atoms with Crippen molar-refractivity contribution in [3.8, 4) is 0 Å². The van der Waals surface area contributed by atoms with Gasteiger partial charge in [-0.1, -0.05) is 13.8 Å². The molecule has 13 heavy (non-hydrogen) atoms. The Bertz CT molecular complexity index is 172.